The number of halogens is 1. The van der Waals surface area contributed by atoms with Gasteiger partial charge in [-0.25, -0.2) is 8.42 Å². The third-order valence-corrected chi connectivity index (χ3v) is 4.46. The Hall–Kier alpha value is -1.11. The summed E-state index contributed by atoms with van der Waals surface area (Å²) in [7, 11) is -3.10. The van der Waals surface area contributed by atoms with Crippen LogP contribution in [-0.4, -0.2) is 43.4 Å². The third-order valence-electron chi connectivity index (χ3n) is 2.95. The minimum absolute atomic E-state index is 0. The van der Waals surface area contributed by atoms with Crippen molar-refractivity contribution in [2.45, 2.75) is 12.5 Å². The van der Waals surface area contributed by atoms with Gasteiger partial charge in [0.15, 0.2) is 9.84 Å². The van der Waals surface area contributed by atoms with Crippen molar-refractivity contribution in [1.82, 2.24) is 4.90 Å². The first-order valence-corrected chi connectivity index (χ1v) is 7.59. The van der Waals surface area contributed by atoms with Gasteiger partial charge in [0.2, 0.25) is 5.91 Å². The summed E-state index contributed by atoms with van der Waals surface area (Å²) < 4.78 is 22.6. The molecule has 2 N–H and O–H groups in total. The van der Waals surface area contributed by atoms with E-state index in [1.165, 1.54) is 4.90 Å². The van der Waals surface area contributed by atoms with Crippen LogP contribution in [0.4, 0.5) is 0 Å². The summed E-state index contributed by atoms with van der Waals surface area (Å²) in [6.07, 6.45) is 0.427. The molecule has 0 saturated carbocycles. The molecule has 1 saturated heterocycles. The number of nitrogens with two attached hydrogens (primary N) is 1. The topological polar surface area (TPSA) is 80.5 Å². The first-order valence-electron chi connectivity index (χ1n) is 5.77. The van der Waals surface area contributed by atoms with Gasteiger partial charge in [-0.05, 0) is 12.0 Å². The van der Waals surface area contributed by atoms with E-state index in [0.717, 1.165) is 5.56 Å². The summed E-state index contributed by atoms with van der Waals surface area (Å²) >= 11 is 0. The number of sulfone groups is 1. The van der Waals surface area contributed by atoms with Crippen LogP contribution in [0, 0.1) is 0 Å². The van der Waals surface area contributed by atoms with Crippen molar-refractivity contribution >= 4 is 28.2 Å². The van der Waals surface area contributed by atoms with Crippen LogP contribution >= 0.6 is 12.4 Å². The van der Waals surface area contributed by atoms with E-state index in [9.17, 15) is 13.2 Å². The summed E-state index contributed by atoms with van der Waals surface area (Å²) in [4.78, 5) is 13.3. The fourth-order valence-corrected chi connectivity index (χ4v) is 3.34. The lowest BCUT2D eigenvalue weighted by molar-refractivity contribution is -0.131. The van der Waals surface area contributed by atoms with Gasteiger partial charge >= 0.3 is 0 Å². The molecule has 1 heterocycles. The highest BCUT2D eigenvalue weighted by molar-refractivity contribution is 7.91. The van der Waals surface area contributed by atoms with Crippen molar-refractivity contribution in [3.63, 3.8) is 0 Å². The maximum Gasteiger partial charge on any atom is 0.240 e. The first-order chi connectivity index (χ1) is 8.48. The molecule has 0 aromatic heterocycles. The van der Waals surface area contributed by atoms with Gasteiger partial charge in [0.05, 0.1) is 11.8 Å². The molecule has 1 aliphatic heterocycles. The standard InChI is InChI=1S/C12H16N2O3S.ClH/c13-11(8-10-4-2-1-3-5-10)12(15)14-6-7-18(16,17)9-14;/h1-5,11H,6-9,13H2;1H/t11-;/m0./s1. The number of carbonyl (C=O) groups excluding carboxylic acids is 1. The average molecular weight is 305 g/mol. The van der Waals surface area contributed by atoms with Crippen molar-refractivity contribution in [2.75, 3.05) is 18.2 Å². The number of nitrogens with zero attached hydrogens (tertiary/aromatic N) is 1. The highest BCUT2D eigenvalue weighted by Crippen LogP contribution is 2.10. The van der Waals surface area contributed by atoms with E-state index >= 15 is 0 Å². The van der Waals surface area contributed by atoms with Crippen LogP contribution in [-0.2, 0) is 21.1 Å². The van der Waals surface area contributed by atoms with Crippen molar-refractivity contribution in [1.29, 1.82) is 0 Å². The molecule has 1 aromatic rings. The monoisotopic (exact) mass is 304 g/mol. The van der Waals surface area contributed by atoms with Crippen molar-refractivity contribution in [3.8, 4) is 0 Å². The van der Waals surface area contributed by atoms with Gasteiger partial charge in [-0.15, -0.1) is 12.4 Å². The molecule has 106 valence electrons. The van der Waals surface area contributed by atoms with Gasteiger partial charge in [-0.3, -0.25) is 4.79 Å². The van der Waals surface area contributed by atoms with Crippen LogP contribution in [0.25, 0.3) is 0 Å². The summed E-state index contributed by atoms with van der Waals surface area (Å²) in [6.45, 7) is 0.254. The van der Waals surface area contributed by atoms with E-state index in [1.54, 1.807) is 0 Å². The summed E-state index contributed by atoms with van der Waals surface area (Å²) in [5, 5.41) is 0. The first kappa shape index (κ1) is 15.9. The maximum atomic E-state index is 12.0. The van der Waals surface area contributed by atoms with Crippen LogP contribution in [0.15, 0.2) is 30.3 Å². The number of benzene rings is 1. The fourth-order valence-electron chi connectivity index (χ4n) is 1.98. The Balaban J connectivity index is 0.00000180. The Bertz CT molecular complexity index is 533. The number of hydrogen-bond acceptors (Lipinski definition) is 4. The number of amides is 1. The molecular formula is C12H17ClN2O3S. The van der Waals surface area contributed by atoms with E-state index in [0.29, 0.717) is 6.42 Å². The normalized spacial score (nSPS) is 18.7. The van der Waals surface area contributed by atoms with E-state index in [1.807, 2.05) is 30.3 Å². The molecule has 1 fully saturated rings. The largest absolute Gasteiger partial charge is 0.326 e. The predicted octanol–water partition coefficient (Wildman–Crippen LogP) is 0.193. The van der Waals surface area contributed by atoms with Crippen molar-refractivity contribution in [3.05, 3.63) is 35.9 Å². The summed E-state index contributed by atoms with van der Waals surface area (Å²) in [5.41, 5.74) is 6.80. The molecular weight excluding hydrogens is 288 g/mol. The number of rotatable bonds is 3. The van der Waals surface area contributed by atoms with Gasteiger partial charge in [0.1, 0.15) is 5.88 Å². The molecule has 1 aliphatic rings. The second-order valence-electron chi connectivity index (χ2n) is 4.47. The SMILES string of the molecule is Cl.N[C@@H](Cc1ccccc1)C(=O)N1CCS(=O)(=O)C1. The van der Waals surface area contributed by atoms with E-state index in [-0.39, 0.29) is 36.5 Å². The van der Waals surface area contributed by atoms with E-state index in [2.05, 4.69) is 0 Å². The molecule has 0 bridgehead atoms. The van der Waals surface area contributed by atoms with Crippen LogP contribution in [0.3, 0.4) is 0 Å². The highest BCUT2D eigenvalue weighted by atomic mass is 35.5. The van der Waals surface area contributed by atoms with Gasteiger partial charge < -0.3 is 10.6 Å². The zero-order chi connectivity index (χ0) is 13.2. The quantitative estimate of drug-likeness (QED) is 0.864. The van der Waals surface area contributed by atoms with Crippen LogP contribution in [0.5, 0.6) is 0 Å². The zero-order valence-electron chi connectivity index (χ0n) is 10.4. The lowest BCUT2D eigenvalue weighted by Gasteiger charge is -2.19. The Morgan fingerprint density at radius 2 is 1.95 bits per heavy atom. The second-order valence-corrected chi connectivity index (χ2v) is 6.63. The average Bonchev–Trinajstić information content (AvgIpc) is 2.70. The second kappa shape index (κ2) is 6.36. The molecule has 7 heteroatoms. The Morgan fingerprint density at radius 1 is 1.32 bits per heavy atom. The number of hydrogen-bond donors (Lipinski definition) is 1. The summed E-state index contributed by atoms with van der Waals surface area (Å²) in [5.74, 6) is -0.453. The maximum absolute atomic E-state index is 12.0. The van der Waals surface area contributed by atoms with Gasteiger partial charge in [0, 0.05) is 6.54 Å². The molecule has 19 heavy (non-hydrogen) atoms. The molecule has 0 unspecified atom stereocenters. The number of carbonyl (C=O) groups is 1. The molecule has 1 amide bonds. The van der Waals surface area contributed by atoms with Crippen molar-refractivity contribution in [2.24, 2.45) is 5.73 Å². The molecule has 0 radical (unpaired) electrons. The molecule has 5 nitrogen and oxygen atoms in total. The summed E-state index contributed by atoms with van der Waals surface area (Å²) in [6, 6.07) is 8.77. The highest BCUT2D eigenvalue weighted by Gasteiger charge is 2.31. The van der Waals surface area contributed by atoms with Crippen LogP contribution < -0.4 is 5.73 Å². The lowest BCUT2D eigenvalue weighted by atomic mass is 10.1. The van der Waals surface area contributed by atoms with Crippen LogP contribution in [0.2, 0.25) is 0 Å². The Morgan fingerprint density at radius 3 is 2.47 bits per heavy atom. The van der Waals surface area contributed by atoms with Gasteiger partial charge in [-0.1, -0.05) is 30.3 Å². The minimum Gasteiger partial charge on any atom is -0.326 e. The molecule has 0 spiro atoms. The van der Waals surface area contributed by atoms with E-state index in [4.69, 9.17) is 5.73 Å². The van der Waals surface area contributed by atoms with Gasteiger partial charge in [0.25, 0.3) is 0 Å². The molecule has 0 aliphatic carbocycles. The third kappa shape index (κ3) is 4.19. The fraction of sp³-hybridized carbons (Fsp3) is 0.417. The minimum atomic E-state index is -3.10. The lowest BCUT2D eigenvalue weighted by Crippen LogP contribution is -2.44. The van der Waals surface area contributed by atoms with Crippen molar-refractivity contribution < 1.29 is 13.2 Å². The van der Waals surface area contributed by atoms with Gasteiger partial charge in [-0.2, -0.15) is 0 Å². The van der Waals surface area contributed by atoms with E-state index < -0.39 is 15.9 Å². The molecule has 2 rings (SSSR count). The zero-order valence-corrected chi connectivity index (χ0v) is 12.0. The molecule has 1 atom stereocenters. The smallest absolute Gasteiger partial charge is 0.240 e. The Kier molecular flexibility index (Phi) is 5.34. The predicted molar refractivity (Wildman–Crippen MR) is 75.7 cm³/mol. The Labute approximate surface area is 119 Å². The molecule has 1 aromatic carbocycles. The van der Waals surface area contributed by atoms with Crippen LogP contribution in [0.1, 0.15) is 5.56 Å².